The van der Waals surface area contributed by atoms with E-state index in [2.05, 4.69) is 38.4 Å². The lowest BCUT2D eigenvalue weighted by atomic mass is 10.0. The van der Waals surface area contributed by atoms with Crippen molar-refractivity contribution in [2.75, 3.05) is 12.4 Å². The Morgan fingerprint density at radius 2 is 1.95 bits per heavy atom. The molecule has 0 aliphatic rings. The van der Waals surface area contributed by atoms with Crippen LogP contribution in [0.4, 0.5) is 5.69 Å². The molecule has 1 rings (SSSR count). The van der Waals surface area contributed by atoms with E-state index in [0.717, 1.165) is 29.7 Å². The highest BCUT2D eigenvalue weighted by molar-refractivity contribution is 5.75. The van der Waals surface area contributed by atoms with Gasteiger partial charge in [-0.15, -0.1) is 0 Å². The van der Waals surface area contributed by atoms with E-state index in [1.807, 2.05) is 24.3 Å². The minimum Gasteiger partial charge on any atom is -0.379 e. The molecule has 0 aliphatic carbocycles. The van der Waals surface area contributed by atoms with Gasteiger partial charge in [0.1, 0.15) is 0 Å². The topological polar surface area (TPSA) is 21.3 Å². The van der Waals surface area contributed by atoms with Gasteiger partial charge in [0, 0.05) is 18.4 Å². The Hall–Kier alpha value is -1.54. The van der Waals surface area contributed by atoms with Gasteiger partial charge in [-0.25, -0.2) is 0 Å². The fourth-order valence-corrected chi connectivity index (χ4v) is 2.39. The first-order valence-electron chi connectivity index (χ1n) is 6.88. The smallest absolute Gasteiger partial charge is 0.0769 e. The number of benzene rings is 1. The van der Waals surface area contributed by atoms with Crippen molar-refractivity contribution < 1.29 is 4.74 Å². The van der Waals surface area contributed by atoms with Crippen molar-refractivity contribution in [2.45, 2.75) is 38.8 Å². The average molecular weight is 259 g/mol. The Morgan fingerprint density at radius 3 is 2.42 bits per heavy atom. The van der Waals surface area contributed by atoms with Crippen molar-refractivity contribution in [3.63, 3.8) is 0 Å². The minimum atomic E-state index is 0.218. The monoisotopic (exact) mass is 259 g/mol. The molecule has 1 N–H and O–H groups in total. The number of methoxy groups -OCH3 is 1. The van der Waals surface area contributed by atoms with Crippen LogP contribution in [0.15, 0.2) is 31.4 Å². The molecule has 104 valence electrons. The predicted molar refractivity (Wildman–Crippen MR) is 85.4 cm³/mol. The normalized spacial score (nSPS) is 13.6. The van der Waals surface area contributed by atoms with Crippen molar-refractivity contribution in [2.24, 2.45) is 0 Å². The standard InChI is InChI=1S/C17H25NO/c1-6-13-11-10-12-16(14(13)7-2)18-15(8-3)17(9-4)19-5/h6-7,10-12,15,17-18H,1-2,8-9H2,3-5H3. The van der Waals surface area contributed by atoms with Crippen LogP contribution in [-0.2, 0) is 4.74 Å². The van der Waals surface area contributed by atoms with E-state index < -0.39 is 0 Å². The number of ether oxygens (including phenoxy) is 1. The maximum Gasteiger partial charge on any atom is 0.0769 e. The van der Waals surface area contributed by atoms with Crippen molar-refractivity contribution in [3.05, 3.63) is 42.5 Å². The van der Waals surface area contributed by atoms with Crippen LogP contribution in [0.2, 0.25) is 0 Å². The first-order valence-corrected chi connectivity index (χ1v) is 6.88. The first kappa shape index (κ1) is 15.5. The summed E-state index contributed by atoms with van der Waals surface area (Å²) in [6.45, 7) is 12.1. The fraction of sp³-hybridized carbons (Fsp3) is 0.412. The first-order chi connectivity index (χ1) is 9.21. The van der Waals surface area contributed by atoms with Crippen LogP contribution in [0, 0.1) is 0 Å². The van der Waals surface area contributed by atoms with Crippen molar-refractivity contribution in [1.82, 2.24) is 0 Å². The Kier molecular flexibility index (Phi) is 6.37. The summed E-state index contributed by atoms with van der Waals surface area (Å²) < 4.78 is 5.55. The van der Waals surface area contributed by atoms with Gasteiger partial charge in [0.25, 0.3) is 0 Å². The molecule has 0 bridgehead atoms. The summed E-state index contributed by atoms with van der Waals surface area (Å²) in [5, 5.41) is 3.58. The second-order valence-electron chi connectivity index (χ2n) is 4.56. The molecule has 0 aromatic heterocycles. The van der Waals surface area contributed by atoms with E-state index in [-0.39, 0.29) is 6.10 Å². The Labute approximate surface area is 117 Å². The summed E-state index contributed by atoms with van der Waals surface area (Å²) >= 11 is 0. The lowest BCUT2D eigenvalue weighted by Crippen LogP contribution is -2.34. The van der Waals surface area contributed by atoms with Gasteiger partial charge in [0.15, 0.2) is 0 Å². The van der Waals surface area contributed by atoms with Gasteiger partial charge in [-0.2, -0.15) is 0 Å². The lowest BCUT2D eigenvalue weighted by Gasteiger charge is -2.27. The van der Waals surface area contributed by atoms with Crippen LogP contribution in [0.3, 0.4) is 0 Å². The zero-order valence-electron chi connectivity index (χ0n) is 12.3. The molecule has 0 saturated heterocycles. The second kappa shape index (κ2) is 7.80. The third-order valence-corrected chi connectivity index (χ3v) is 3.50. The van der Waals surface area contributed by atoms with E-state index >= 15 is 0 Å². The summed E-state index contributed by atoms with van der Waals surface area (Å²) in [6.07, 6.45) is 5.96. The van der Waals surface area contributed by atoms with Gasteiger partial charge in [0.05, 0.1) is 12.1 Å². The third kappa shape index (κ3) is 3.71. The van der Waals surface area contributed by atoms with Gasteiger partial charge < -0.3 is 10.1 Å². The maximum absolute atomic E-state index is 5.55. The van der Waals surface area contributed by atoms with Crippen LogP contribution < -0.4 is 5.32 Å². The zero-order valence-corrected chi connectivity index (χ0v) is 12.3. The lowest BCUT2D eigenvalue weighted by molar-refractivity contribution is 0.0819. The Bertz CT molecular complexity index is 421. The van der Waals surface area contributed by atoms with Crippen LogP contribution in [0.1, 0.15) is 37.8 Å². The second-order valence-corrected chi connectivity index (χ2v) is 4.56. The summed E-state index contributed by atoms with van der Waals surface area (Å²) in [4.78, 5) is 0. The highest BCUT2D eigenvalue weighted by Gasteiger charge is 2.18. The van der Waals surface area contributed by atoms with Gasteiger partial charge in [0.2, 0.25) is 0 Å². The molecule has 0 heterocycles. The van der Waals surface area contributed by atoms with E-state index in [9.17, 15) is 0 Å². The molecule has 1 aromatic rings. The van der Waals surface area contributed by atoms with E-state index in [0.29, 0.717) is 6.04 Å². The van der Waals surface area contributed by atoms with E-state index in [4.69, 9.17) is 4.74 Å². The molecule has 0 aliphatic heterocycles. The summed E-state index contributed by atoms with van der Waals surface area (Å²) in [6, 6.07) is 6.46. The summed E-state index contributed by atoms with van der Waals surface area (Å²) in [5.41, 5.74) is 3.29. The molecular formula is C17H25NO. The van der Waals surface area contributed by atoms with Gasteiger partial charge in [-0.1, -0.05) is 51.3 Å². The number of anilines is 1. The maximum atomic E-state index is 5.55. The predicted octanol–water partition coefficient (Wildman–Crippen LogP) is 4.59. The Balaban J connectivity index is 3.03. The molecule has 0 saturated carbocycles. The van der Waals surface area contributed by atoms with E-state index in [1.165, 1.54) is 0 Å². The van der Waals surface area contributed by atoms with Crippen LogP contribution in [0.25, 0.3) is 12.2 Å². The molecule has 0 amide bonds. The van der Waals surface area contributed by atoms with E-state index in [1.54, 1.807) is 7.11 Å². The molecule has 2 unspecified atom stereocenters. The molecule has 2 heteroatoms. The highest BCUT2D eigenvalue weighted by atomic mass is 16.5. The van der Waals surface area contributed by atoms with Crippen LogP contribution in [-0.4, -0.2) is 19.3 Å². The third-order valence-electron chi connectivity index (χ3n) is 3.50. The molecule has 0 fully saturated rings. The molecule has 2 atom stereocenters. The molecule has 2 nitrogen and oxygen atoms in total. The summed E-state index contributed by atoms with van der Waals surface area (Å²) in [7, 11) is 1.77. The SMILES string of the molecule is C=Cc1cccc(NC(CC)C(CC)OC)c1C=C. The van der Waals surface area contributed by atoms with Crippen LogP contribution >= 0.6 is 0 Å². The quantitative estimate of drug-likeness (QED) is 0.737. The average Bonchev–Trinajstić information content (AvgIpc) is 2.46. The molecular weight excluding hydrogens is 234 g/mol. The number of nitrogens with one attached hydrogen (secondary N) is 1. The molecule has 0 radical (unpaired) electrons. The minimum absolute atomic E-state index is 0.218. The van der Waals surface area contributed by atoms with Crippen molar-refractivity contribution in [1.29, 1.82) is 0 Å². The Morgan fingerprint density at radius 1 is 1.21 bits per heavy atom. The number of hydrogen-bond donors (Lipinski definition) is 1. The number of hydrogen-bond acceptors (Lipinski definition) is 2. The van der Waals surface area contributed by atoms with Gasteiger partial charge in [-0.05, 0) is 24.5 Å². The highest BCUT2D eigenvalue weighted by Crippen LogP contribution is 2.24. The molecule has 0 spiro atoms. The van der Waals surface area contributed by atoms with Gasteiger partial charge in [-0.3, -0.25) is 0 Å². The van der Waals surface area contributed by atoms with Crippen molar-refractivity contribution >= 4 is 17.8 Å². The van der Waals surface area contributed by atoms with Crippen LogP contribution in [0.5, 0.6) is 0 Å². The largest absolute Gasteiger partial charge is 0.379 e. The zero-order chi connectivity index (χ0) is 14.3. The van der Waals surface area contributed by atoms with Crippen molar-refractivity contribution in [3.8, 4) is 0 Å². The molecule has 19 heavy (non-hydrogen) atoms. The molecule has 1 aromatic carbocycles. The van der Waals surface area contributed by atoms with Gasteiger partial charge >= 0.3 is 0 Å². The summed E-state index contributed by atoms with van der Waals surface area (Å²) in [5.74, 6) is 0. The fourth-order valence-electron chi connectivity index (χ4n) is 2.39. The number of rotatable bonds is 8.